The van der Waals surface area contributed by atoms with Crippen LogP contribution >= 0.6 is 0 Å². The summed E-state index contributed by atoms with van der Waals surface area (Å²) < 4.78 is 29.5. The maximum atomic E-state index is 16.6. The third-order valence-electron chi connectivity index (χ3n) is 8.10. The van der Waals surface area contributed by atoms with Crippen LogP contribution in [0.2, 0.25) is 0 Å². The van der Waals surface area contributed by atoms with Gasteiger partial charge in [-0.2, -0.15) is 0 Å². The van der Waals surface area contributed by atoms with Crippen molar-refractivity contribution >= 4 is 28.8 Å². The number of alkyl halides is 1. The third kappa shape index (κ3) is 8.49. The van der Waals surface area contributed by atoms with Gasteiger partial charge in [0, 0.05) is 69.5 Å². The van der Waals surface area contributed by atoms with Gasteiger partial charge < -0.3 is 29.2 Å². The molecule has 1 aromatic carbocycles. The molecular formula is C33H49FN4O5. The fourth-order valence-corrected chi connectivity index (χ4v) is 5.79. The molecule has 0 radical (unpaired) electrons. The Balaban J connectivity index is 1.59. The van der Waals surface area contributed by atoms with E-state index in [1.165, 1.54) is 4.90 Å². The topological polar surface area (TPSA) is 93.1 Å². The van der Waals surface area contributed by atoms with E-state index in [2.05, 4.69) is 28.2 Å². The van der Waals surface area contributed by atoms with Crippen molar-refractivity contribution < 1.29 is 28.2 Å². The lowest BCUT2D eigenvalue weighted by Gasteiger charge is -2.41. The van der Waals surface area contributed by atoms with Crippen molar-refractivity contribution in [2.45, 2.75) is 97.1 Å². The number of hydrogen-bond acceptors (Lipinski definition) is 5. The van der Waals surface area contributed by atoms with Crippen LogP contribution in [0.15, 0.2) is 30.5 Å². The minimum absolute atomic E-state index is 0.000683. The van der Waals surface area contributed by atoms with Gasteiger partial charge in [-0.05, 0) is 64.0 Å². The van der Waals surface area contributed by atoms with Crippen molar-refractivity contribution in [3.8, 4) is 0 Å². The van der Waals surface area contributed by atoms with Crippen LogP contribution in [0.5, 0.6) is 0 Å². The van der Waals surface area contributed by atoms with Crippen molar-refractivity contribution in [1.29, 1.82) is 0 Å². The summed E-state index contributed by atoms with van der Waals surface area (Å²) in [5, 5.41) is 3.78. The van der Waals surface area contributed by atoms with Crippen LogP contribution in [0.4, 0.5) is 9.18 Å². The zero-order chi connectivity index (χ0) is 31.4. The number of nitrogens with zero attached hydrogens (tertiary/aromatic N) is 3. The first kappa shape index (κ1) is 32.8. The average Bonchev–Trinajstić information content (AvgIpc) is 3.72. The smallest absolute Gasteiger partial charge is 0.410 e. The number of rotatable bonds is 12. The van der Waals surface area contributed by atoms with Crippen molar-refractivity contribution in [2.24, 2.45) is 11.8 Å². The molecule has 0 bridgehead atoms. The number of nitrogens with one attached hydrogen (secondary N) is 1. The number of para-hydroxylation sites is 1. The monoisotopic (exact) mass is 600 g/mol. The Labute approximate surface area is 255 Å². The molecule has 1 aliphatic carbocycles. The fraction of sp³-hybridized carbons (Fsp3) is 0.667. The highest BCUT2D eigenvalue weighted by Crippen LogP contribution is 2.36. The maximum Gasteiger partial charge on any atom is 0.410 e. The Bertz CT molecular complexity index is 1280. The fourth-order valence-electron chi connectivity index (χ4n) is 5.79. The second-order valence-corrected chi connectivity index (χ2v) is 13.6. The molecule has 2 aliphatic rings. The molecule has 4 rings (SSSR count). The van der Waals surface area contributed by atoms with Gasteiger partial charge in [-0.15, -0.1) is 0 Å². The van der Waals surface area contributed by atoms with E-state index in [4.69, 9.17) is 9.47 Å². The number of carbonyl (C=O) groups excluding carboxylic acids is 3. The van der Waals surface area contributed by atoms with E-state index in [-0.39, 0.29) is 24.9 Å². The molecule has 2 heterocycles. The summed E-state index contributed by atoms with van der Waals surface area (Å²) in [6, 6.07) is 8.18. The summed E-state index contributed by atoms with van der Waals surface area (Å²) in [5.41, 5.74) is -1.10. The first-order chi connectivity index (χ1) is 20.3. The lowest BCUT2D eigenvalue weighted by atomic mass is 9.85. The molecule has 9 nitrogen and oxygen atoms in total. The average molecular weight is 601 g/mol. The highest BCUT2D eigenvalue weighted by Gasteiger charge is 2.51. The number of hydrogen-bond donors (Lipinski definition) is 1. The van der Waals surface area contributed by atoms with Gasteiger partial charge in [0.2, 0.25) is 11.6 Å². The summed E-state index contributed by atoms with van der Waals surface area (Å²) in [5.74, 6) is -1.55. The number of benzene rings is 1. The first-order valence-corrected chi connectivity index (χ1v) is 15.6. The molecule has 1 N–H and O–H groups in total. The van der Waals surface area contributed by atoms with E-state index in [9.17, 15) is 14.4 Å². The van der Waals surface area contributed by atoms with E-state index in [1.807, 2.05) is 30.9 Å². The molecule has 3 amide bonds. The van der Waals surface area contributed by atoms with Crippen LogP contribution in [0.3, 0.4) is 0 Å². The summed E-state index contributed by atoms with van der Waals surface area (Å²) in [6.45, 7) is 11.0. The lowest BCUT2D eigenvalue weighted by Crippen LogP contribution is -2.61. The van der Waals surface area contributed by atoms with Crippen LogP contribution in [-0.2, 0) is 32.2 Å². The quantitative estimate of drug-likeness (QED) is 0.334. The molecule has 1 aliphatic heterocycles. The normalized spacial score (nSPS) is 20.8. The number of methoxy groups -OCH3 is 1. The van der Waals surface area contributed by atoms with Crippen molar-refractivity contribution in [1.82, 2.24) is 19.7 Å². The Kier molecular flexibility index (Phi) is 10.4. The number of aryl methyl sites for hydroxylation is 1. The summed E-state index contributed by atoms with van der Waals surface area (Å²) in [7, 11) is 1.69. The Hall–Kier alpha value is -3.14. The number of piperidine rings is 1. The highest BCUT2D eigenvalue weighted by atomic mass is 19.1. The van der Waals surface area contributed by atoms with E-state index in [0.717, 1.165) is 42.3 Å². The Morgan fingerprint density at radius 1 is 1.19 bits per heavy atom. The zero-order valence-electron chi connectivity index (χ0n) is 26.7. The second-order valence-electron chi connectivity index (χ2n) is 13.6. The molecule has 1 aromatic heterocycles. The molecule has 10 heteroatoms. The Morgan fingerprint density at radius 3 is 2.56 bits per heavy atom. The van der Waals surface area contributed by atoms with E-state index < -0.39 is 35.7 Å². The molecule has 238 valence electrons. The van der Waals surface area contributed by atoms with Gasteiger partial charge in [0.05, 0.1) is 12.5 Å². The molecule has 43 heavy (non-hydrogen) atoms. The van der Waals surface area contributed by atoms with Gasteiger partial charge in [-0.3, -0.25) is 9.59 Å². The number of halogens is 1. The molecule has 0 unspecified atom stereocenters. The highest BCUT2D eigenvalue weighted by molar-refractivity contribution is 5.89. The summed E-state index contributed by atoms with van der Waals surface area (Å²) >= 11 is 0. The lowest BCUT2D eigenvalue weighted by molar-refractivity contribution is -0.147. The molecular weight excluding hydrogens is 551 g/mol. The van der Waals surface area contributed by atoms with Gasteiger partial charge in [-0.1, -0.05) is 32.0 Å². The van der Waals surface area contributed by atoms with Gasteiger partial charge in [0.15, 0.2) is 0 Å². The van der Waals surface area contributed by atoms with E-state index in [0.29, 0.717) is 32.0 Å². The van der Waals surface area contributed by atoms with Crippen molar-refractivity contribution in [3.05, 3.63) is 36.0 Å². The number of aromatic nitrogens is 1. The van der Waals surface area contributed by atoms with Crippen molar-refractivity contribution in [2.75, 3.05) is 33.4 Å². The number of likely N-dealkylation sites (tertiary alicyclic amines) is 1. The Morgan fingerprint density at radius 2 is 1.91 bits per heavy atom. The minimum atomic E-state index is -2.40. The molecule has 2 atom stereocenters. The first-order valence-electron chi connectivity index (χ1n) is 15.6. The number of fused-ring (bicyclic) bond motifs is 1. The molecule has 1 saturated carbocycles. The van der Waals surface area contributed by atoms with Crippen LogP contribution < -0.4 is 5.32 Å². The number of amides is 3. The second kappa shape index (κ2) is 13.7. The van der Waals surface area contributed by atoms with Crippen LogP contribution in [0, 0.1) is 11.8 Å². The van der Waals surface area contributed by atoms with E-state index >= 15 is 4.39 Å². The van der Waals surface area contributed by atoms with Crippen LogP contribution in [0.25, 0.3) is 10.9 Å². The van der Waals surface area contributed by atoms with Crippen molar-refractivity contribution in [3.63, 3.8) is 0 Å². The van der Waals surface area contributed by atoms with Gasteiger partial charge in [0.1, 0.15) is 5.60 Å². The molecule has 1 saturated heterocycles. The van der Waals surface area contributed by atoms with Gasteiger partial charge >= 0.3 is 6.09 Å². The third-order valence-corrected chi connectivity index (χ3v) is 8.10. The predicted molar refractivity (Wildman–Crippen MR) is 164 cm³/mol. The molecule has 2 aromatic rings. The number of ether oxygens (including phenoxy) is 2. The largest absolute Gasteiger partial charge is 0.444 e. The summed E-state index contributed by atoms with van der Waals surface area (Å²) in [6.07, 6.45) is 4.40. The zero-order valence-corrected chi connectivity index (χ0v) is 26.7. The SMILES string of the molecule is COCCCn1cc(CN(C(=O)[C@H]2CN(C(=O)OC(C)(C)C)C[C@@](F)(C(=O)NCCC(C)C)C2)C2CC2)c2ccccc21. The van der Waals surface area contributed by atoms with Crippen LogP contribution in [0.1, 0.15) is 72.3 Å². The van der Waals surface area contributed by atoms with E-state index in [1.54, 1.807) is 27.9 Å². The standard InChI is InChI=1S/C33H49FN4O5/c1-23(2)14-15-35-30(40)33(34)18-24(19-37(22-33)31(41)43-32(3,4)5)29(39)38(26-12-13-26)21-25-20-36(16-9-17-42-6)28-11-8-7-10-27(25)28/h7-8,10-11,20,23-24,26H,9,12-19,21-22H2,1-6H3,(H,35,40)/t24-,33-/m1/s1. The van der Waals surface area contributed by atoms with Crippen LogP contribution in [-0.4, -0.2) is 82.9 Å². The number of carbonyl (C=O) groups is 3. The molecule has 0 spiro atoms. The predicted octanol–water partition coefficient (Wildman–Crippen LogP) is 5.30. The maximum absolute atomic E-state index is 16.6. The minimum Gasteiger partial charge on any atom is -0.444 e. The van der Waals surface area contributed by atoms with Gasteiger partial charge in [0.25, 0.3) is 5.91 Å². The molecule has 2 fully saturated rings. The summed E-state index contributed by atoms with van der Waals surface area (Å²) in [4.78, 5) is 43.6. The van der Waals surface area contributed by atoms with Gasteiger partial charge in [-0.25, -0.2) is 9.18 Å².